The minimum absolute atomic E-state index is 0.00224. The van der Waals surface area contributed by atoms with Gasteiger partial charge in [0, 0.05) is 51.3 Å². The molecule has 0 aliphatic rings. The lowest BCUT2D eigenvalue weighted by Crippen LogP contribution is -2.30. The van der Waals surface area contributed by atoms with Gasteiger partial charge in [0.2, 0.25) is 0 Å². The van der Waals surface area contributed by atoms with Crippen molar-refractivity contribution in [2.45, 2.75) is 78.6 Å². The van der Waals surface area contributed by atoms with Crippen molar-refractivity contribution >= 4 is 47.0 Å². The van der Waals surface area contributed by atoms with Crippen LogP contribution in [0, 0.1) is 0 Å². The highest BCUT2D eigenvalue weighted by Gasteiger charge is 2.35. The maximum atomic E-state index is 12.1. The Bertz CT molecular complexity index is 1430. The lowest BCUT2D eigenvalue weighted by atomic mass is 9.86. The molecule has 0 spiro atoms. The molecule has 0 bridgehead atoms. The number of aromatic hydroxyl groups is 1. The second kappa shape index (κ2) is 17.2. The van der Waals surface area contributed by atoms with Gasteiger partial charge in [0.25, 0.3) is 0 Å². The minimum atomic E-state index is -1.62. The van der Waals surface area contributed by atoms with Gasteiger partial charge < -0.3 is 33.5 Å². The van der Waals surface area contributed by atoms with Gasteiger partial charge >= 0.3 is 0 Å². The lowest BCUT2D eigenvalue weighted by Gasteiger charge is -2.32. The summed E-state index contributed by atoms with van der Waals surface area (Å²) in [4.78, 5) is 0. The normalized spacial score (nSPS) is 12.5. The Labute approximate surface area is 298 Å². The Morgan fingerprint density at radius 2 is 1.00 bits per heavy atom. The van der Waals surface area contributed by atoms with Gasteiger partial charge in [-0.3, -0.25) is 0 Å². The van der Waals surface area contributed by atoms with E-state index in [2.05, 4.69) is 62.3 Å². The van der Waals surface area contributed by atoms with Gasteiger partial charge in [-0.2, -0.15) is 0 Å². The molecule has 0 amide bonds. The van der Waals surface area contributed by atoms with Crippen LogP contribution in [0.25, 0.3) is 0 Å². The number of phenols is 1. The maximum absolute atomic E-state index is 12.1. The largest absolute Gasteiger partial charge is 0.507 e. The molecule has 10 heteroatoms. The molecule has 48 heavy (non-hydrogen) atoms. The van der Waals surface area contributed by atoms with Crippen LogP contribution >= 0.6 is 31.1 Å². The van der Waals surface area contributed by atoms with Crippen molar-refractivity contribution in [3.8, 4) is 17.2 Å². The molecule has 0 saturated carbocycles. The number of ether oxygens (including phenoxy) is 6. The van der Waals surface area contributed by atoms with Crippen molar-refractivity contribution in [1.29, 1.82) is 0 Å². The molecule has 0 aliphatic heterocycles. The lowest BCUT2D eigenvalue weighted by molar-refractivity contribution is -0.00870. The van der Waals surface area contributed by atoms with Gasteiger partial charge in [0.1, 0.15) is 17.2 Å². The summed E-state index contributed by atoms with van der Waals surface area (Å²) in [6.07, 6.45) is 0. The van der Waals surface area contributed by atoms with E-state index in [4.69, 9.17) is 51.6 Å². The predicted octanol–water partition coefficient (Wildman–Crippen LogP) is 8.35. The number of halogens is 2. The molecule has 0 saturated heterocycles. The molecule has 0 radical (unpaired) electrons. The minimum Gasteiger partial charge on any atom is -0.507 e. The van der Waals surface area contributed by atoms with Crippen molar-refractivity contribution < 1.29 is 33.5 Å². The molecular formula is C38H53Cl2O7P. The Morgan fingerprint density at radius 3 is 1.38 bits per heavy atom. The van der Waals surface area contributed by atoms with E-state index in [1.54, 1.807) is 14.2 Å². The monoisotopic (exact) mass is 722 g/mol. The highest BCUT2D eigenvalue weighted by Crippen LogP contribution is 2.49. The van der Waals surface area contributed by atoms with Crippen LogP contribution < -0.4 is 25.4 Å². The number of rotatable bonds is 15. The first kappa shape index (κ1) is 40.3. The zero-order valence-corrected chi connectivity index (χ0v) is 32.8. The molecule has 7 nitrogen and oxygen atoms in total. The van der Waals surface area contributed by atoms with Crippen molar-refractivity contribution in [1.82, 2.24) is 0 Å². The number of para-hydroxylation sites is 1. The van der Waals surface area contributed by atoms with E-state index in [1.165, 1.54) is 0 Å². The van der Waals surface area contributed by atoms with Gasteiger partial charge in [-0.05, 0) is 54.0 Å². The molecular weight excluding hydrogens is 670 g/mol. The molecule has 1 N–H and O–H groups in total. The van der Waals surface area contributed by atoms with E-state index in [0.717, 1.165) is 32.6 Å². The highest BCUT2D eigenvalue weighted by molar-refractivity contribution is 7.80. The molecule has 3 aromatic carbocycles. The molecule has 266 valence electrons. The number of phenolic OH excluding ortho intramolecular Hbond substituents is 1. The average molecular weight is 724 g/mol. The van der Waals surface area contributed by atoms with Crippen LogP contribution in [-0.4, -0.2) is 59.3 Å². The third kappa shape index (κ3) is 10.5. The van der Waals surface area contributed by atoms with Crippen molar-refractivity contribution in [2.24, 2.45) is 0 Å². The van der Waals surface area contributed by atoms with E-state index in [9.17, 15) is 5.11 Å². The summed E-state index contributed by atoms with van der Waals surface area (Å²) < 4.78 is 35.0. The maximum Gasteiger partial charge on any atom is 0.189 e. The predicted molar refractivity (Wildman–Crippen MR) is 200 cm³/mol. The first-order valence-electron chi connectivity index (χ1n) is 16.1. The zero-order chi connectivity index (χ0) is 35.9. The van der Waals surface area contributed by atoms with E-state index in [0.29, 0.717) is 48.0 Å². The van der Waals surface area contributed by atoms with E-state index in [1.807, 2.05) is 42.5 Å². The Hall–Kier alpha value is -2.09. The van der Waals surface area contributed by atoms with Crippen LogP contribution in [0.15, 0.2) is 42.5 Å². The Kier molecular flexibility index (Phi) is 14.5. The van der Waals surface area contributed by atoms with Gasteiger partial charge in [0.05, 0.1) is 26.4 Å². The second-order valence-corrected chi connectivity index (χ2v) is 17.7. The van der Waals surface area contributed by atoms with Gasteiger partial charge in [-0.1, -0.05) is 104 Å². The molecule has 0 aromatic heterocycles. The highest BCUT2D eigenvalue weighted by atomic mass is 35.5. The van der Waals surface area contributed by atoms with Gasteiger partial charge in [0.15, 0.2) is 13.6 Å². The quantitative estimate of drug-likeness (QED) is 0.0960. The smallest absolute Gasteiger partial charge is 0.189 e. The molecule has 3 rings (SSSR count). The molecule has 3 aromatic rings. The number of benzene rings is 3. The molecule has 0 heterocycles. The van der Waals surface area contributed by atoms with Crippen LogP contribution in [0.2, 0.25) is 10.0 Å². The van der Waals surface area contributed by atoms with Gasteiger partial charge in [-0.15, -0.1) is 0 Å². The summed E-state index contributed by atoms with van der Waals surface area (Å²) in [6, 6.07) is 13.6. The second-order valence-electron chi connectivity index (χ2n) is 14.7. The molecule has 0 atom stereocenters. The summed E-state index contributed by atoms with van der Waals surface area (Å²) in [5.41, 5.74) is 1.60. The first-order valence-corrected chi connectivity index (χ1v) is 18.2. The molecule has 0 aliphatic carbocycles. The van der Waals surface area contributed by atoms with Crippen molar-refractivity contribution in [3.05, 3.63) is 69.2 Å². The zero-order valence-electron chi connectivity index (χ0n) is 30.4. The summed E-state index contributed by atoms with van der Waals surface area (Å²) in [5, 5.41) is 15.5. The van der Waals surface area contributed by atoms with E-state index in [-0.39, 0.29) is 35.6 Å². The third-order valence-corrected chi connectivity index (χ3v) is 10.6. The summed E-state index contributed by atoms with van der Waals surface area (Å²) in [7, 11) is 1.64. The van der Waals surface area contributed by atoms with Crippen LogP contribution in [0.3, 0.4) is 0 Å². The number of methoxy groups -OCH3 is 2. The van der Waals surface area contributed by atoms with Crippen molar-refractivity contribution in [3.63, 3.8) is 0 Å². The van der Waals surface area contributed by atoms with Crippen LogP contribution in [0.4, 0.5) is 0 Å². The van der Waals surface area contributed by atoms with Gasteiger partial charge in [-0.25, -0.2) is 0 Å². The van der Waals surface area contributed by atoms with Crippen molar-refractivity contribution in [2.75, 3.05) is 54.2 Å². The fraction of sp³-hybridized carbons (Fsp3) is 0.526. The fourth-order valence-corrected chi connectivity index (χ4v) is 8.47. The molecule has 0 fully saturated rings. The SMILES string of the molecule is COCCOCOc1c(P(c2cccc(C(C)(C)C)c2O)c2cc(Cl)cc(C(C)(C)C)c2OCOCCOC)cc(Cl)cc1C(C)(C)C. The average Bonchev–Trinajstić information content (AvgIpc) is 2.97. The number of hydrogen-bond donors (Lipinski definition) is 1. The topological polar surface area (TPSA) is 75.6 Å². The Balaban J connectivity index is 2.48. The fourth-order valence-electron chi connectivity index (χ4n) is 5.22. The van der Waals surface area contributed by atoms with E-state index < -0.39 is 7.92 Å². The van der Waals surface area contributed by atoms with E-state index >= 15 is 0 Å². The first-order chi connectivity index (χ1) is 22.4. The van der Waals surface area contributed by atoms with Crippen LogP contribution in [0.1, 0.15) is 79.0 Å². The number of hydrogen-bond acceptors (Lipinski definition) is 7. The van der Waals surface area contributed by atoms with Crippen LogP contribution in [0.5, 0.6) is 17.2 Å². The Morgan fingerprint density at radius 1 is 0.583 bits per heavy atom. The standard InChI is InChI=1S/C38H53Cl2O7P/c1-36(2,3)27-13-12-14-30(33(27)41)48(31-21-25(39)19-28(37(4,5)6)34(31)46-23-44-17-15-42-10)32-22-26(40)20-29(38(7,8)9)35(32)47-24-45-18-16-43-11/h12-14,19-22,41H,15-18,23-24H2,1-11H3. The molecule has 0 unspecified atom stereocenters. The van der Waals surface area contributed by atoms with Crippen LogP contribution in [-0.2, 0) is 35.2 Å². The third-order valence-electron chi connectivity index (χ3n) is 7.67. The summed E-state index contributed by atoms with van der Waals surface area (Å²) >= 11 is 13.9. The summed E-state index contributed by atoms with van der Waals surface area (Å²) in [6.45, 7) is 20.6. The summed E-state index contributed by atoms with van der Waals surface area (Å²) in [5.74, 6) is 1.47.